The summed E-state index contributed by atoms with van der Waals surface area (Å²) < 4.78 is 43.4. The van der Waals surface area contributed by atoms with Crippen molar-refractivity contribution in [1.82, 2.24) is 0 Å². The lowest BCUT2D eigenvalue weighted by atomic mass is 9.90. The van der Waals surface area contributed by atoms with E-state index < -0.39 is 0 Å². The Balaban J connectivity index is 1.19. The van der Waals surface area contributed by atoms with E-state index in [1.54, 1.807) is 0 Å². The zero-order valence-corrected chi connectivity index (χ0v) is 17.6. The summed E-state index contributed by atoms with van der Waals surface area (Å²) in [6.45, 7) is 14.7. The van der Waals surface area contributed by atoms with Crippen molar-refractivity contribution in [3.8, 4) is 0 Å². The zero-order chi connectivity index (χ0) is 20.0. The van der Waals surface area contributed by atoms with E-state index >= 15 is 0 Å². The van der Waals surface area contributed by atoms with Crippen molar-refractivity contribution in [1.29, 1.82) is 0 Å². The molecule has 2 saturated heterocycles. The van der Waals surface area contributed by atoms with E-state index in [0.29, 0.717) is 66.1 Å². The highest BCUT2D eigenvalue weighted by atomic mass is 16.6. The average molecular weight is 407 g/mol. The summed E-state index contributed by atoms with van der Waals surface area (Å²) in [7, 11) is 0. The minimum absolute atomic E-state index is 0.200. The van der Waals surface area contributed by atoms with Crippen LogP contribution in [0, 0.1) is 10.8 Å². The van der Waals surface area contributed by atoms with E-state index in [1.807, 2.05) is 0 Å². The molecule has 0 unspecified atom stereocenters. The molecule has 0 N–H and O–H groups in total. The predicted octanol–water partition coefficient (Wildman–Crippen LogP) is 1.16. The van der Waals surface area contributed by atoms with Crippen LogP contribution in [0.1, 0.15) is 13.8 Å². The topological polar surface area (TPSA) is 73.8 Å². The SMILES string of the molecule is CC1(COCCOCCOCCOCCOCCOCC2(C)COC2)COC1. The van der Waals surface area contributed by atoms with Gasteiger partial charge in [-0.2, -0.15) is 0 Å². The largest absolute Gasteiger partial charge is 0.380 e. The van der Waals surface area contributed by atoms with E-state index in [2.05, 4.69) is 13.8 Å². The molecule has 2 heterocycles. The Morgan fingerprint density at radius 1 is 0.464 bits per heavy atom. The van der Waals surface area contributed by atoms with Crippen LogP contribution in [0.4, 0.5) is 0 Å². The maximum atomic E-state index is 5.59. The normalized spacial score (nSPS) is 19.9. The molecule has 28 heavy (non-hydrogen) atoms. The summed E-state index contributed by atoms with van der Waals surface area (Å²) in [6.07, 6.45) is 0. The molecule has 0 atom stereocenters. The first-order valence-electron chi connectivity index (χ1n) is 10.2. The van der Waals surface area contributed by atoms with Crippen molar-refractivity contribution >= 4 is 0 Å². The van der Waals surface area contributed by atoms with E-state index in [-0.39, 0.29) is 10.8 Å². The predicted molar refractivity (Wildman–Crippen MR) is 103 cm³/mol. The Kier molecular flexibility index (Phi) is 11.8. The molecule has 8 nitrogen and oxygen atoms in total. The molecule has 0 aromatic rings. The highest BCUT2D eigenvalue weighted by Crippen LogP contribution is 2.26. The summed E-state index contributed by atoms with van der Waals surface area (Å²) in [6, 6.07) is 0. The molecule has 0 bridgehead atoms. The van der Waals surface area contributed by atoms with Crippen LogP contribution in [0.15, 0.2) is 0 Å². The van der Waals surface area contributed by atoms with Gasteiger partial charge in [0, 0.05) is 10.8 Å². The molecule has 8 heteroatoms. The van der Waals surface area contributed by atoms with Crippen molar-refractivity contribution in [2.24, 2.45) is 10.8 Å². The number of hydrogen-bond acceptors (Lipinski definition) is 8. The van der Waals surface area contributed by atoms with Crippen LogP contribution < -0.4 is 0 Å². The third-order valence-electron chi connectivity index (χ3n) is 4.56. The van der Waals surface area contributed by atoms with E-state index in [9.17, 15) is 0 Å². The summed E-state index contributed by atoms with van der Waals surface area (Å²) in [4.78, 5) is 0. The Morgan fingerprint density at radius 2 is 0.714 bits per heavy atom. The van der Waals surface area contributed by atoms with Crippen molar-refractivity contribution < 1.29 is 37.9 Å². The Labute approximate surface area is 169 Å². The first kappa shape index (κ1) is 24.0. The monoisotopic (exact) mass is 406 g/mol. The van der Waals surface area contributed by atoms with Gasteiger partial charge < -0.3 is 37.9 Å². The van der Waals surface area contributed by atoms with Gasteiger partial charge in [0.1, 0.15) is 0 Å². The lowest BCUT2D eigenvalue weighted by Crippen LogP contribution is -2.43. The van der Waals surface area contributed by atoms with Crippen molar-refractivity contribution in [2.45, 2.75) is 13.8 Å². The van der Waals surface area contributed by atoms with Gasteiger partial charge in [0.25, 0.3) is 0 Å². The molecule has 2 aliphatic rings. The fraction of sp³-hybridized carbons (Fsp3) is 1.00. The molecule has 2 aliphatic heterocycles. The van der Waals surface area contributed by atoms with Gasteiger partial charge in [0.2, 0.25) is 0 Å². The molecule has 0 amide bonds. The fourth-order valence-corrected chi connectivity index (χ4v) is 2.70. The molecule has 2 fully saturated rings. The second kappa shape index (κ2) is 13.8. The minimum atomic E-state index is 0.200. The summed E-state index contributed by atoms with van der Waals surface area (Å²) in [5, 5.41) is 0. The molecule has 2 rings (SSSR count). The van der Waals surface area contributed by atoms with Gasteiger partial charge in [-0.1, -0.05) is 13.8 Å². The second-order valence-electron chi connectivity index (χ2n) is 8.16. The van der Waals surface area contributed by atoms with E-state index in [1.165, 1.54) is 0 Å². The number of rotatable bonds is 19. The van der Waals surface area contributed by atoms with Crippen LogP contribution in [0.25, 0.3) is 0 Å². The molecule has 0 radical (unpaired) electrons. The smallest absolute Gasteiger partial charge is 0.0701 e. The summed E-state index contributed by atoms with van der Waals surface area (Å²) >= 11 is 0. The quantitative estimate of drug-likeness (QED) is 0.296. The van der Waals surface area contributed by atoms with Gasteiger partial charge in [-0.15, -0.1) is 0 Å². The van der Waals surface area contributed by atoms with Crippen LogP contribution in [0.2, 0.25) is 0 Å². The number of ether oxygens (including phenoxy) is 8. The van der Waals surface area contributed by atoms with E-state index in [0.717, 1.165) is 39.6 Å². The van der Waals surface area contributed by atoms with Gasteiger partial charge in [-0.3, -0.25) is 0 Å². The average Bonchev–Trinajstić information content (AvgIpc) is 2.64. The van der Waals surface area contributed by atoms with Crippen LogP contribution in [0.5, 0.6) is 0 Å². The third-order valence-corrected chi connectivity index (χ3v) is 4.56. The lowest BCUT2D eigenvalue weighted by Gasteiger charge is -2.37. The molecule has 0 aromatic carbocycles. The molecular formula is C20H38O8. The Hall–Kier alpha value is -0.320. The molecular weight excluding hydrogens is 368 g/mol. The molecule has 0 saturated carbocycles. The third kappa shape index (κ3) is 10.5. The molecule has 166 valence electrons. The standard InChI is InChI=1S/C20H38O8/c1-19(15-27-16-19)13-25-11-9-23-7-5-21-3-4-22-6-8-24-10-12-26-14-20(2)17-28-18-20/h3-18H2,1-2H3. The van der Waals surface area contributed by atoms with Crippen LogP contribution >= 0.6 is 0 Å². The fourth-order valence-electron chi connectivity index (χ4n) is 2.70. The van der Waals surface area contributed by atoms with Gasteiger partial charge >= 0.3 is 0 Å². The van der Waals surface area contributed by atoms with Gasteiger partial charge in [-0.25, -0.2) is 0 Å². The minimum Gasteiger partial charge on any atom is -0.380 e. The highest BCUT2D eigenvalue weighted by molar-refractivity contribution is 4.80. The second-order valence-corrected chi connectivity index (χ2v) is 8.16. The van der Waals surface area contributed by atoms with Crippen LogP contribution in [-0.2, 0) is 37.9 Å². The summed E-state index contributed by atoms with van der Waals surface area (Å²) in [5.74, 6) is 0. The van der Waals surface area contributed by atoms with E-state index in [4.69, 9.17) is 37.9 Å². The lowest BCUT2D eigenvalue weighted by molar-refractivity contribution is -0.141. The summed E-state index contributed by atoms with van der Waals surface area (Å²) in [5.41, 5.74) is 0.400. The zero-order valence-electron chi connectivity index (χ0n) is 17.6. The molecule has 0 spiro atoms. The first-order chi connectivity index (χ1) is 13.6. The Bertz CT molecular complexity index is 348. The Morgan fingerprint density at radius 3 is 0.929 bits per heavy atom. The molecule has 0 aromatic heterocycles. The first-order valence-corrected chi connectivity index (χ1v) is 10.2. The van der Waals surface area contributed by atoms with Gasteiger partial charge in [-0.05, 0) is 0 Å². The van der Waals surface area contributed by atoms with Crippen LogP contribution in [-0.4, -0.2) is 106 Å². The maximum absolute atomic E-state index is 5.59. The van der Waals surface area contributed by atoms with Crippen molar-refractivity contribution in [2.75, 3.05) is 106 Å². The molecule has 0 aliphatic carbocycles. The highest BCUT2D eigenvalue weighted by Gasteiger charge is 2.34. The number of hydrogen-bond donors (Lipinski definition) is 0. The van der Waals surface area contributed by atoms with Crippen molar-refractivity contribution in [3.63, 3.8) is 0 Å². The van der Waals surface area contributed by atoms with Gasteiger partial charge in [0.15, 0.2) is 0 Å². The van der Waals surface area contributed by atoms with Crippen LogP contribution in [0.3, 0.4) is 0 Å². The van der Waals surface area contributed by atoms with Crippen molar-refractivity contribution in [3.05, 3.63) is 0 Å². The maximum Gasteiger partial charge on any atom is 0.0701 e. The van der Waals surface area contributed by atoms with Gasteiger partial charge in [0.05, 0.1) is 106 Å².